The molecule has 0 saturated carbocycles. The van der Waals surface area contributed by atoms with Gasteiger partial charge in [0.05, 0.1) is 17.4 Å². The lowest BCUT2D eigenvalue weighted by molar-refractivity contribution is -0.138. The average Bonchev–Trinajstić information content (AvgIpc) is 3.47. The molecule has 6 rings (SSSR count). The van der Waals surface area contributed by atoms with Crippen LogP contribution in [0.3, 0.4) is 0 Å². The van der Waals surface area contributed by atoms with Crippen molar-refractivity contribution in [3.05, 3.63) is 106 Å². The molecule has 3 aromatic rings. The monoisotopic (exact) mass is 557 g/mol. The van der Waals surface area contributed by atoms with Crippen LogP contribution >= 0.6 is 15.9 Å². The van der Waals surface area contributed by atoms with Gasteiger partial charge >= 0.3 is 0 Å². The molecular weight excluding hydrogens is 526 g/mol. The van der Waals surface area contributed by atoms with Gasteiger partial charge in [0.2, 0.25) is 11.8 Å². The Morgan fingerprint density at radius 2 is 1.73 bits per heavy atom. The second kappa shape index (κ2) is 9.73. The first kappa shape index (κ1) is 24.4. The van der Waals surface area contributed by atoms with Gasteiger partial charge in [0.1, 0.15) is 0 Å². The van der Waals surface area contributed by atoms with Gasteiger partial charge in [-0.15, -0.1) is 0 Å². The molecule has 2 amide bonds. The summed E-state index contributed by atoms with van der Waals surface area (Å²) in [6, 6.07) is 26.9. The second-order valence-corrected chi connectivity index (χ2v) is 11.8. The fraction of sp³-hybridized carbons (Fsp3) is 0.355. The lowest BCUT2D eigenvalue weighted by atomic mass is 9.72. The predicted octanol–water partition coefficient (Wildman–Crippen LogP) is 5.07. The summed E-state index contributed by atoms with van der Waals surface area (Å²) in [4.78, 5) is 32.2. The highest BCUT2D eigenvalue weighted by Gasteiger charge is 2.70. The average molecular weight is 559 g/mol. The molecule has 37 heavy (non-hydrogen) atoms. The molecule has 3 fully saturated rings. The van der Waals surface area contributed by atoms with Crippen molar-refractivity contribution in [3.63, 3.8) is 0 Å². The second-order valence-electron chi connectivity index (χ2n) is 10.9. The number of aryl methyl sites for hydroxylation is 1. The number of hydrogen-bond donors (Lipinski definition) is 1. The molecule has 3 heterocycles. The molecule has 4 atom stereocenters. The third-order valence-corrected chi connectivity index (χ3v) is 9.10. The quantitative estimate of drug-likeness (QED) is 0.441. The Morgan fingerprint density at radius 1 is 0.973 bits per heavy atom. The zero-order chi connectivity index (χ0) is 25.6. The summed E-state index contributed by atoms with van der Waals surface area (Å²) in [5, 5.41) is 3.18. The van der Waals surface area contributed by atoms with Crippen LogP contribution in [0.4, 0.5) is 0 Å². The first-order valence-corrected chi connectivity index (χ1v) is 13.9. The van der Waals surface area contributed by atoms with Gasteiger partial charge in [-0.1, -0.05) is 88.2 Å². The highest BCUT2D eigenvalue weighted by molar-refractivity contribution is 9.10. The van der Waals surface area contributed by atoms with Crippen LogP contribution in [0.2, 0.25) is 0 Å². The Balaban J connectivity index is 1.29. The van der Waals surface area contributed by atoms with E-state index in [4.69, 9.17) is 0 Å². The van der Waals surface area contributed by atoms with E-state index in [-0.39, 0.29) is 35.2 Å². The largest absolute Gasteiger partial charge is 0.352 e. The van der Waals surface area contributed by atoms with Crippen LogP contribution in [0.5, 0.6) is 0 Å². The Labute approximate surface area is 227 Å². The smallest absolute Gasteiger partial charge is 0.228 e. The van der Waals surface area contributed by atoms with Crippen LogP contribution in [0, 0.1) is 18.8 Å². The molecule has 3 aliphatic heterocycles. The summed E-state index contributed by atoms with van der Waals surface area (Å²) in [5.74, 6) is -0.500. The van der Waals surface area contributed by atoms with Crippen LogP contribution in [-0.4, -0.2) is 39.7 Å². The summed E-state index contributed by atoms with van der Waals surface area (Å²) < 4.78 is 1.01. The maximum absolute atomic E-state index is 14.0. The minimum absolute atomic E-state index is 0.00338. The maximum Gasteiger partial charge on any atom is 0.228 e. The van der Waals surface area contributed by atoms with E-state index >= 15 is 0 Å². The van der Waals surface area contributed by atoms with Crippen molar-refractivity contribution < 1.29 is 9.59 Å². The first-order chi connectivity index (χ1) is 17.9. The van der Waals surface area contributed by atoms with Crippen molar-refractivity contribution in [2.45, 2.75) is 51.0 Å². The van der Waals surface area contributed by atoms with Crippen molar-refractivity contribution in [3.8, 4) is 0 Å². The van der Waals surface area contributed by atoms with E-state index in [9.17, 15) is 9.59 Å². The van der Waals surface area contributed by atoms with Crippen LogP contribution < -0.4 is 5.32 Å². The Bertz CT molecular complexity index is 1310. The SMILES string of the molecule is Cc1cccc(CN2[C@@H]3CC[C@]24CN(Cc2ccccc2)C(=O)[C@@H]4[C@H]3C(=O)NCc2ccc(Br)cc2)c1. The number of benzene rings is 3. The summed E-state index contributed by atoms with van der Waals surface area (Å²) >= 11 is 3.47. The number of hydrogen-bond acceptors (Lipinski definition) is 3. The van der Waals surface area contributed by atoms with E-state index in [1.807, 2.05) is 47.4 Å². The van der Waals surface area contributed by atoms with Gasteiger partial charge in [-0.25, -0.2) is 0 Å². The van der Waals surface area contributed by atoms with E-state index in [0.29, 0.717) is 19.6 Å². The number of likely N-dealkylation sites (tertiary alicyclic amines) is 1. The van der Waals surface area contributed by atoms with E-state index < -0.39 is 0 Å². The van der Waals surface area contributed by atoms with E-state index in [1.54, 1.807) is 0 Å². The van der Waals surface area contributed by atoms with Crippen molar-refractivity contribution >= 4 is 27.7 Å². The van der Waals surface area contributed by atoms with Crippen LogP contribution in [-0.2, 0) is 29.2 Å². The normalized spacial score (nSPS) is 26.5. The molecular formula is C31H32BrN3O2. The van der Waals surface area contributed by atoms with Gasteiger partial charge in [-0.2, -0.15) is 0 Å². The molecule has 3 saturated heterocycles. The number of rotatable bonds is 7. The highest BCUT2D eigenvalue weighted by atomic mass is 79.9. The molecule has 0 aliphatic carbocycles. The third kappa shape index (κ3) is 4.40. The molecule has 3 aliphatic rings. The predicted molar refractivity (Wildman–Crippen MR) is 147 cm³/mol. The van der Waals surface area contributed by atoms with Gasteiger partial charge in [0, 0.05) is 36.7 Å². The molecule has 0 aromatic heterocycles. The Morgan fingerprint density at radius 3 is 2.49 bits per heavy atom. The number of nitrogens with one attached hydrogen (secondary N) is 1. The van der Waals surface area contributed by atoms with Crippen LogP contribution in [0.1, 0.15) is 35.1 Å². The Kier molecular flexibility index (Phi) is 6.41. The third-order valence-electron chi connectivity index (χ3n) is 8.57. The zero-order valence-corrected chi connectivity index (χ0v) is 22.7. The zero-order valence-electron chi connectivity index (χ0n) is 21.1. The van der Waals surface area contributed by atoms with Gasteiger partial charge in [-0.05, 0) is 48.6 Å². The number of carbonyl (C=O) groups is 2. The molecule has 190 valence electrons. The highest BCUT2D eigenvalue weighted by Crippen LogP contribution is 2.58. The van der Waals surface area contributed by atoms with E-state index in [1.165, 1.54) is 11.1 Å². The van der Waals surface area contributed by atoms with Gasteiger partial charge in [-0.3, -0.25) is 14.5 Å². The first-order valence-electron chi connectivity index (χ1n) is 13.1. The summed E-state index contributed by atoms with van der Waals surface area (Å²) in [7, 11) is 0. The summed E-state index contributed by atoms with van der Waals surface area (Å²) in [6.45, 7) is 4.63. The lowest BCUT2D eigenvalue weighted by Crippen LogP contribution is -2.47. The minimum Gasteiger partial charge on any atom is -0.352 e. The lowest BCUT2D eigenvalue weighted by Gasteiger charge is -2.34. The van der Waals surface area contributed by atoms with Crippen LogP contribution in [0.25, 0.3) is 0 Å². The van der Waals surface area contributed by atoms with E-state index in [0.717, 1.165) is 35.0 Å². The van der Waals surface area contributed by atoms with Gasteiger partial charge in [0.15, 0.2) is 0 Å². The number of nitrogens with zero attached hydrogens (tertiary/aromatic N) is 2. The van der Waals surface area contributed by atoms with Crippen molar-refractivity contribution in [2.75, 3.05) is 6.54 Å². The minimum atomic E-state index is -0.331. The fourth-order valence-corrected chi connectivity index (χ4v) is 7.27. The molecule has 6 heteroatoms. The van der Waals surface area contributed by atoms with Gasteiger partial charge in [0.25, 0.3) is 0 Å². The van der Waals surface area contributed by atoms with Crippen LogP contribution in [0.15, 0.2) is 83.3 Å². The number of carbonyl (C=O) groups excluding carboxylic acids is 2. The molecule has 5 nitrogen and oxygen atoms in total. The number of amides is 2. The molecule has 0 unspecified atom stereocenters. The molecule has 1 spiro atoms. The van der Waals surface area contributed by atoms with Gasteiger partial charge < -0.3 is 10.2 Å². The molecule has 1 N–H and O–H groups in total. The molecule has 3 aromatic carbocycles. The van der Waals surface area contributed by atoms with Crippen molar-refractivity contribution in [1.82, 2.24) is 15.1 Å². The maximum atomic E-state index is 14.0. The summed E-state index contributed by atoms with van der Waals surface area (Å²) in [6.07, 6.45) is 1.91. The number of fused-ring (bicyclic) bond motifs is 1. The molecule has 2 bridgehead atoms. The fourth-order valence-electron chi connectivity index (χ4n) is 7.00. The standard InChI is InChI=1S/C31H32BrN3O2/c1-21-6-5-9-24(16-21)19-35-26-14-15-31(35)20-34(18-23-7-3-2-4-8-23)30(37)28(31)27(26)29(36)33-17-22-10-12-25(32)13-11-22/h2-13,16,26-28H,14-15,17-20H2,1H3,(H,33,36)/t26-,27+,28+,31-/m1/s1. The molecule has 0 radical (unpaired) electrons. The summed E-state index contributed by atoms with van der Waals surface area (Å²) in [5.41, 5.74) is 4.36. The van der Waals surface area contributed by atoms with E-state index in [2.05, 4.69) is 69.5 Å². The van der Waals surface area contributed by atoms with Crippen molar-refractivity contribution in [1.29, 1.82) is 0 Å². The number of halogens is 1. The Hall–Kier alpha value is -2.96. The van der Waals surface area contributed by atoms with Crippen molar-refractivity contribution in [2.24, 2.45) is 11.8 Å². The topological polar surface area (TPSA) is 52.7 Å².